The van der Waals surface area contributed by atoms with Crippen LogP contribution in [0, 0.1) is 24.7 Å². The molecule has 4 nitrogen and oxygen atoms in total. The summed E-state index contributed by atoms with van der Waals surface area (Å²) in [5.74, 6) is 5.02. The third kappa shape index (κ3) is 3.49. The van der Waals surface area contributed by atoms with Crippen molar-refractivity contribution in [3.63, 3.8) is 0 Å². The molecule has 154 valence electrons. The molecular weight excluding hydrogens is 420 g/mol. The number of thiazole rings is 1. The largest absolute Gasteiger partial charge is 0.496 e. The van der Waals surface area contributed by atoms with Gasteiger partial charge in [-0.05, 0) is 56.6 Å². The van der Waals surface area contributed by atoms with E-state index in [1.165, 1.54) is 35.7 Å². The topological polar surface area (TPSA) is 51.2 Å². The third-order valence-corrected chi connectivity index (χ3v) is 11.4. The number of hydrogen-bond donors (Lipinski definition) is 1. The number of nitrogens with zero attached hydrogens (tertiary/aromatic N) is 1. The average Bonchev–Trinajstić information content (AvgIpc) is 3.42. The van der Waals surface area contributed by atoms with Crippen LogP contribution < -0.4 is 10.1 Å². The molecule has 2 heterocycles. The number of ether oxygens (including phenoxy) is 1. The number of aromatic nitrogens is 1. The minimum absolute atomic E-state index is 0.126. The van der Waals surface area contributed by atoms with Crippen molar-refractivity contribution in [1.29, 1.82) is 0 Å². The van der Waals surface area contributed by atoms with Gasteiger partial charge in [0, 0.05) is 28.4 Å². The molecule has 1 aliphatic heterocycles. The lowest BCUT2D eigenvalue weighted by Gasteiger charge is -2.42. The second kappa shape index (κ2) is 7.82. The fraction of sp³-hybridized carbons (Fsp3) is 0.545. The Kier molecular flexibility index (Phi) is 5.33. The fourth-order valence-electron chi connectivity index (χ4n) is 5.30. The van der Waals surface area contributed by atoms with Crippen molar-refractivity contribution in [3.05, 3.63) is 29.1 Å². The average molecular weight is 447 g/mol. The summed E-state index contributed by atoms with van der Waals surface area (Å²) in [5.41, 5.74) is 2.98. The SMILES string of the molecule is COc1ccc(C)cc1-c1csc(NC(=O)C2C[C@H]3CC[C@@H](C2)C32SCCS2)n1. The fourth-order valence-corrected chi connectivity index (χ4v) is 9.95. The Labute approximate surface area is 184 Å². The van der Waals surface area contributed by atoms with Gasteiger partial charge in [-0.1, -0.05) is 11.6 Å². The number of carbonyl (C=O) groups excluding carboxylic acids is 1. The molecule has 7 heteroatoms. The maximum Gasteiger partial charge on any atom is 0.229 e. The van der Waals surface area contributed by atoms with Crippen molar-refractivity contribution < 1.29 is 9.53 Å². The number of thioether (sulfide) groups is 2. The molecule has 3 atom stereocenters. The number of methoxy groups -OCH3 is 1. The summed E-state index contributed by atoms with van der Waals surface area (Å²) in [6, 6.07) is 6.08. The number of aryl methyl sites for hydroxylation is 1. The van der Waals surface area contributed by atoms with Crippen LogP contribution in [-0.4, -0.2) is 33.6 Å². The molecule has 2 saturated carbocycles. The van der Waals surface area contributed by atoms with E-state index in [1.54, 1.807) is 7.11 Å². The maximum absolute atomic E-state index is 13.0. The zero-order valence-electron chi connectivity index (χ0n) is 16.8. The van der Waals surface area contributed by atoms with Crippen molar-refractivity contribution >= 4 is 45.9 Å². The monoisotopic (exact) mass is 446 g/mol. The molecule has 1 unspecified atom stereocenters. The van der Waals surface area contributed by atoms with Crippen LogP contribution in [-0.2, 0) is 4.79 Å². The molecule has 29 heavy (non-hydrogen) atoms. The zero-order chi connectivity index (χ0) is 20.0. The Bertz CT molecular complexity index is 907. The number of benzene rings is 1. The van der Waals surface area contributed by atoms with Gasteiger partial charge in [0.15, 0.2) is 5.13 Å². The molecule has 2 aromatic rings. The van der Waals surface area contributed by atoms with Gasteiger partial charge in [-0.3, -0.25) is 4.79 Å². The predicted octanol–water partition coefficient (Wildman–Crippen LogP) is 5.68. The van der Waals surface area contributed by atoms with Gasteiger partial charge in [-0.25, -0.2) is 4.98 Å². The van der Waals surface area contributed by atoms with Gasteiger partial charge in [-0.15, -0.1) is 34.9 Å². The van der Waals surface area contributed by atoms with E-state index in [2.05, 4.69) is 46.8 Å². The van der Waals surface area contributed by atoms with Gasteiger partial charge < -0.3 is 10.1 Å². The highest BCUT2D eigenvalue weighted by Gasteiger charge is 2.57. The van der Waals surface area contributed by atoms with Gasteiger partial charge >= 0.3 is 0 Å². The van der Waals surface area contributed by atoms with Crippen LogP contribution >= 0.6 is 34.9 Å². The van der Waals surface area contributed by atoms with Gasteiger partial charge in [0.2, 0.25) is 5.91 Å². The Morgan fingerprint density at radius 3 is 2.62 bits per heavy atom. The molecule has 1 saturated heterocycles. The molecule has 2 aliphatic carbocycles. The van der Waals surface area contributed by atoms with Crippen LogP contribution in [0.2, 0.25) is 0 Å². The number of carbonyl (C=O) groups is 1. The smallest absolute Gasteiger partial charge is 0.229 e. The number of nitrogens with one attached hydrogen (secondary N) is 1. The van der Waals surface area contributed by atoms with E-state index < -0.39 is 0 Å². The maximum atomic E-state index is 13.0. The van der Waals surface area contributed by atoms with Crippen molar-refractivity contribution in [2.75, 3.05) is 23.9 Å². The molecular formula is C22H26N2O2S3. The van der Waals surface area contributed by atoms with Crippen LogP contribution in [0.25, 0.3) is 11.3 Å². The molecule has 5 rings (SSSR count). The van der Waals surface area contributed by atoms with Gasteiger partial charge in [0.1, 0.15) is 5.75 Å². The lowest BCUT2D eigenvalue weighted by Crippen LogP contribution is -2.41. The first-order chi connectivity index (χ1) is 14.1. The van der Waals surface area contributed by atoms with Gasteiger partial charge in [-0.2, -0.15) is 0 Å². The highest BCUT2D eigenvalue weighted by atomic mass is 32.2. The first-order valence-electron chi connectivity index (χ1n) is 10.3. The van der Waals surface area contributed by atoms with E-state index in [0.29, 0.717) is 21.0 Å². The summed E-state index contributed by atoms with van der Waals surface area (Å²) in [4.78, 5) is 17.7. The molecule has 0 radical (unpaired) electrons. The van der Waals surface area contributed by atoms with E-state index in [9.17, 15) is 4.79 Å². The summed E-state index contributed by atoms with van der Waals surface area (Å²) in [7, 11) is 1.67. The van der Waals surface area contributed by atoms with Gasteiger partial charge in [0.25, 0.3) is 0 Å². The van der Waals surface area contributed by atoms with E-state index in [-0.39, 0.29) is 11.8 Å². The number of hydrogen-bond acceptors (Lipinski definition) is 6. The van der Waals surface area contributed by atoms with Crippen LogP contribution in [0.15, 0.2) is 23.6 Å². The minimum atomic E-state index is 0.126. The minimum Gasteiger partial charge on any atom is -0.496 e. The second-order valence-electron chi connectivity index (χ2n) is 8.29. The van der Waals surface area contributed by atoms with E-state index >= 15 is 0 Å². The highest BCUT2D eigenvalue weighted by Crippen LogP contribution is 2.65. The van der Waals surface area contributed by atoms with E-state index in [0.717, 1.165) is 35.4 Å². The molecule has 1 aromatic heterocycles. The predicted molar refractivity (Wildman–Crippen MR) is 124 cm³/mol. The van der Waals surface area contributed by atoms with Crippen LogP contribution in [0.4, 0.5) is 5.13 Å². The number of rotatable bonds is 4. The quantitative estimate of drug-likeness (QED) is 0.655. The molecule has 3 aliphatic rings. The third-order valence-electron chi connectivity index (χ3n) is 6.61. The lowest BCUT2D eigenvalue weighted by molar-refractivity contribution is -0.121. The Hall–Kier alpha value is -1.18. The van der Waals surface area contributed by atoms with Crippen LogP contribution in [0.5, 0.6) is 5.75 Å². The second-order valence-corrected chi connectivity index (χ2v) is 12.2. The molecule has 1 aromatic carbocycles. The molecule has 1 amide bonds. The van der Waals surface area contributed by atoms with Crippen molar-refractivity contribution in [2.45, 2.75) is 36.7 Å². The van der Waals surface area contributed by atoms with Crippen molar-refractivity contribution in [2.24, 2.45) is 17.8 Å². The Morgan fingerprint density at radius 1 is 1.21 bits per heavy atom. The highest BCUT2D eigenvalue weighted by molar-refractivity contribution is 8.21. The first kappa shape index (κ1) is 19.8. The zero-order valence-corrected chi connectivity index (χ0v) is 19.2. The first-order valence-corrected chi connectivity index (χ1v) is 13.1. The summed E-state index contributed by atoms with van der Waals surface area (Å²) in [5, 5.41) is 5.80. The van der Waals surface area contributed by atoms with Crippen LogP contribution in [0.1, 0.15) is 31.2 Å². The number of amides is 1. The Morgan fingerprint density at radius 2 is 1.93 bits per heavy atom. The Balaban J connectivity index is 1.29. The molecule has 1 spiro atoms. The molecule has 2 bridgehead atoms. The lowest BCUT2D eigenvalue weighted by atomic mass is 9.79. The molecule has 3 fully saturated rings. The van der Waals surface area contributed by atoms with Gasteiger partial charge in [0.05, 0.1) is 16.9 Å². The van der Waals surface area contributed by atoms with Crippen molar-refractivity contribution in [3.8, 4) is 17.0 Å². The van der Waals surface area contributed by atoms with E-state index in [1.807, 2.05) is 17.5 Å². The van der Waals surface area contributed by atoms with E-state index in [4.69, 9.17) is 4.74 Å². The standard InChI is InChI=1S/C22H26N2O2S3/c1-13-3-6-19(26-2)17(9-13)18-12-27-21(23-18)24-20(25)14-10-15-4-5-16(11-14)22(15)28-7-8-29-22/h3,6,9,12,14-16H,4-5,7-8,10-11H2,1-2H3,(H,23,24,25)/t14?,15-,16+. The summed E-state index contributed by atoms with van der Waals surface area (Å²) in [6.45, 7) is 2.06. The summed E-state index contributed by atoms with van der Waals surface area (Å²) >= 11 is 5.84. The summed E-state index contributed by atoms with van der Waals surface area (Å²) < 4.78 is 5.91. The normalized spacial score (nSPS) is 27.3. The van der Waals surface area contributed by atoms with Crippen molar-refractivity contribution in [1.82, 2.24) is 4.98 Å². The van der Waals surface area contributed by atoms with Crippen LogP contribution in [0.3, 0.4) is 0 Å². The summed E-state index contributed by atoms with van der Waals surface area (Å²) in [6.07, 6.45) is 4.66. The molecule has 1 N–H and O–H groups in total. The number of anilines is 1.